The standard InChI is InChI=1S/C62H45N/c1-61(2)56-26-11-8-21-50(56)54-24-13-23-53(60(54)61)48-19-7-6-18-46(48)41-29-32-43(33-30-41)63(59-28-14-22-47-45-17-5-3-15-40(45)31-35-52(47)59)44-34-36-51-49-20-9-12-27-57(49)62(58(51)39-44)38-37-42-16-4-10-25-55(42)62/h3-36,39H,37-38H2,1-2H3. The average Bonchev–Trinajstić information content (AvgIpc) is 3.95. The van der Waals surface area contributed by atoms with Crippen LogP contribution < -0.4 is 4.90 Å². The third-order valence-electron chi connectivity index (χ3n) is 14.9. The normalized spacial score (nSPS) is 16.2. The van der Waals surface area contributed by atoms with Gasteiger partial charge in [-0.15, -0.1) is 0 Å². The van der Waals surface area contributed by atoms with Gasteiger partial charge in [-0.3, -0.25) is 0 Å². The summed E-state index contributed by atoms with van der Waals surface area (Å²) in [5.74, 6) is 0. The van der Waals surface area contributed by atoms with E-state index in [1.165, 1.54) is 111 Å². The van der Waals surface area contributed by atoms with E-state index >= 15 is 0 Å². The highest BCUT2D eigenvalue weighted by molar-refractivity contribution is 6.13. The molecule has 1 atom stereocenters. The van der Waals surface area contributed by atoms with E-state index in [9.17, 15) is 0 Å². The van der Waals surface area contributed by atoms with Gasteiger partial charge in [0.05, 0.1) is 5.69 Å². The third-order valence-corrected chi connectivity index (χ3v) is 14.9. The molecule has 0 radical (unpaired) electrons. The number of hydrogen-bond acceptors (Lipinski definition) is 1. The molecule has 1 unspecified atom stereocenters. The average molecular weight is 804 g/mol. The first-order valence-corrected chi connectivity index (χ1v) is 22.5. The van der Waals surface area contributed by atoms with Crippen molar-refractivity contribution in [1.29, 1.82) is 0 Å². The van der Waals surface area contributed by atoms with Crippen molar-refractivity contribution in [2.75, 3.05) is 4.90 Å². The molecule has 0 saturated heterocycles. The van der Waals surface area contributed by atoms with Crippen molar-refractivity contribution in [2.24, 2.45) is 0 Å². The van der Waals surface area contributed by atoms with Crippen LogP contribution in [0.5, 0.6) is 0 Å². The third kappa shape index (κ3) is 5.11. The Morgan fingerprint density at radius 3 is 1.79 bits per heavy atom. The van der Waals surface area contributed by atoms with Gasteiger partial charge in [0, 0.05) is 27.6 Å². The Morgan fingerprint density at radius 1 is 0.381 bits per heavy atom. The van der Waals surface area contributed by atoms with Crippen LogP contribution >= 0.6 is 0 Å². The van der Waals surface area contributed by atoms with E-state index in [1.807, 2.05) is 0 Å². The number of hydrogen-bond donors (Lipinski definition) is 0. The molecule has 3 aliphatic rings. The topological polar surface area (TPSA) is 3.24 Å². The second-order valence-electron chi connectivity index (χ2n) is 18.3. The lowest BCUT2D eigenvalue weighted by atomic mass is 9.73. The Bertz CT molecular complexity index is 3500. The van der Waals surface area contributed by atoms with Crippen molar-refractivity contribution in [3.8, 4) is 44.5 Å². The molecule has 0 aliphatic heterocycles. The van der Waals surface area contributed by atoms with Crippen LogP contribution in [-0.4, -0.2) is 0 Å². The van der Waals surface area contributed by atoms with E-state index in [1.54, 1.807) is 0 Å². The summed E-state index contributed by atoms with van der Waals surface area (Å²) in [6.07, 6.45) is 2.15. The fourth-order valence-corrected chi connectivity index (χ4v) is 12.1. The predicted molar refractivity (Wildman–Crippen MR) is 265 cm³/mol. The lowest BCUT2D eigenvalue weighted by Crippen LogP contribution is -2.24. The maximum Gasteiger partial charge on any atom is 0.0540 e. The lowest BCUT2D eigenvalue weighted by Gasteiger charge is -2.31. The van der Waals surface area contributed by atoms with Gasteiger partial charge in [-0.1, -0.05) is 196 Å². The number of nitrogens with zero attached hydrogens (tertiary/aromatic N) is 1. The van der Waals surface area contributed by atoms with Gasteiger partial charge >= 0.3 is 0 Å². The lowest BCUT2D eigenvalue weighted by molar-refractivity contribution is 0.626. The SMILES string of the molecule is CC1(C)c2ccccc2-c2cccc(-c3ccccc3-c3ccc(N(c4ccc5c(c4)C4(CCc6ccccc64)c4ccccc4-5)c4cccc5c4ccc4ccccc45)cc3)c21. The minimum absolute atomic E-state index is 0.111. The first kappa shape index (κ1) is 36.2. The largest absolute Gasteiger partial charge is 0.310 e. The van der Waals surface area contributed by atoms with E-state index in [-0.39, 0.29) is 10.8 Å². The molecule has 1 nitrogen and oxygen atoms in total. The Kier molecular flexibility index (Phi) is 7.76. The molecule has 0 bridgehead atoms. The molecule has 3 aliphatic carbocycles. The van der Waals surface area contributed by atoms with Crippen molar-refractivity contribution >= 4 is 38.6 Å². The summed E-state index contributed by atoms with van der Waals surface area (Å²) in [5.41, 5.74) is 22.2. The van der Waals surface area contributed by atoms with Crippen molar-refractivity contribution in [2.45, 2.75) is 37.5 Å². The van der Waals surface area contributed by atoms with Crippen LogP contribution in [0.3, 0.4) is 0 Å². The first-order chi connectivity index (χ1) is 31.0. The summed E-state index contributed by atoms with van der Waals surface area (Å²) in [6, 6.07) is 79.9. The highest BCUT2D eigenvalue weighted by Crippen LogP contribution is 2.59. The minimum Gasteiger partial charge on any atom is -0.310 e. The molecule has 0 N–H and O–H groups in total. The summed E-state index contributed by atoms with van der Waals surface area (Å²) < 4.78 is 0. The van der Waals surface area contributed by atoms with Gasteiger partial charge in [0.15, 0.2) is 0 Å². The van der Waals surface area contributed by atoms with Gasteiger partial charge in [0.1, 0.15) is 0 Å². The van der Waals surface area contributed by atoms with E-state index in [4.69, 9.17) is 0 Å². The number of rotatable bonds is 5. The van der Waals surface area contributed by atoms with Gasteiger partial charge in [0.25, 0.3) is 0 Å². The molecule has 0 saturated carbocycles. The second kappa shape index (κ2) is 13.5. The summed E-state index contributed by atoms with van der Waals surface area (Å²) >= 11 is 0. The van der Waals surface area contributed by atoms with Crippen LogP contribution in [0.25, 0.3) is 66.1 Å². The molecule has 0 fully saturated rings. The maximum atomic E-state index is 2.52. The van der Waals surface area contributed by atoms with Gasteiger partial charge < -0.3 is 4.90 Å². The highest BCUT2D eigenvalue weighted by atomic mass is 15.1. The van der Waals surface area contributed by atoms with Gasteiger partial charge in [-0.25, -0.2) is 0 Å². The fourth-order valence-electron chi connectivity index (χ4n) is 12.1. The molecule has 1 heteroatoms. The van der Waals surface area contributed by atoms with Crippen molar-refractivity contribution in [3.05, 3.63) is 246 Å². The quantitative estimate of drug-likeness (QED) is 0.157. The van der Waals surface area contributed by atoms with Crippen LogP contribution in [0.4, 0.5) is 17.1 Å². The molecule has 10 aromatic rings. The molecule has 63 heavy (non-hydrogen) atoms. The summed E-state index contributed by atoms with van der Waals surface area (Å²) in [6.45, 7) is 4.77. The molecule has 298 valence electrons. The molecular formula is C62H45N. The fraction of sp³-hybridized carbons (Fsp3) is 0.0968. The summed E-state index contributed by atoms with van der Waals surface area (Å²) in [4.78, 5) is 2.51. The summed E-state index contributed by atoms with van der Waals surface area (Å²) in [5, 5.41) is 5.02. The van der Waals surface area contributed by atoms with Crippen molar-refractivity contribution < 1.29 is 0 Å². The van der Waals surface area contributed by atoms with Gasteiger partial charge in [-0.05, 0) is 137 Å². The highest BCUT2D eigenvalue weighted by Gasteiger charge is 2.48. The zero-order valence-electron chi connectivity index (χ0n) is 35.6. The summed E-state index contributed by atoms with van der Waals surface area (Å²) in [7, 11) is 0. The van der Waals surface area contributed by atoms with Gasteiger partial charge in [0.2, 0.25) is 0 Å². The van der Waals surface area contributed by atoms with Crippen molar-refractivity contribution in [1.82, 2.24) is 0 Å². The van der Waals surface area contributed by atoms with Crippen molar-refractivity contribution in [3.63, 3.8) is 0 Å². The van der Waals surface area contributed by atoms with Crippen LogP contribution in [0.1, 0.15) is 53.6 Å². The second-order valence-corrected chi connectivity index (χ2v) is 18.3. The monoisotopic (exact) mass is 803 g/mol. The number of anilines is 3. The van der Waals surface area contributed by atoms with Crippen LogP contribution in [0.15, 0.2) is 212 Å². The van der Waals surface area contributed by atoms with Crippen LogP contribution in [-0.2, 0) is 17.3 Å². The van der Waals surface area contributed by atoms with Gasteiger partial charge in [-0.2, -0.15) is 0 Å². The number of fused-ring (bicyclic) bond motifs is 13. The molecular weight excluding hydrogens is 759 g/mol. The van der Waals surface area contributed by atoms with Crippen LogP contribution in [0.2, 0.25) is 0 Å². The smallest absolute Gasteiger partial charge is 0.0540 e. The molecule has 0 heterocycles. The zero-order chi connectivity index (χ0) is 41.9. The maximum absolute atomic E-state index is 2.52. The van der Waals surface area contributed by atoms with E-state index in [0.717, 1.165) is 18.5 Å². The Balaban J connectivity index is 0.990. The van der Waals surface area contributed by atoms with E-state index in [0.29, 0.717) is 0 Å². The van der Waals surface area contributed by atoms with E-state index in [2.05, 4.69) is 231 Å². The number of benzene rings is 10. The number of aryl methyl sites for hydroxylation is 1. The Hall–Kier alpha value is -7.48. The minimum atomic E-state index is -0.180. The zero-order valence-corrected chi connectivity index (χ0v) is 35.6. The Morgan fingerprint density at radius 2 is 0.968 bits per heavy atom. The Labute approximate surface area is 369 Å². The molecule has 0 amide bonds. The first-order valence-electron chi connectivity index (χ1n) is 22.5. The molecule has 0 aromatic heterocycles. The molecule has 13 rings (SSSR count). The molecule has 1 spiro atoms. The molecule has 10 aromatic carbocycles. The van der Waals surface area contributed by atoms with E-state index < -0.39 is 0 Å². The predicted octanol–water partition coefficient (Wildman–Crippen LogP) is 16.4. The van der Waals surface area contributed by atoms with Crippen LogP contribution in [0, 0.1) is 0 Å².